The molecule has 5 nitrogen and oxygen atoms in total. The van der Waals surface area contributed by atoms with Crippen molar-refractivity contribution < 1.29 is 23.7 Å². The summed E-state index contributed by atoms with van der Waals surface area (Å²) in [5.41, 5.74) is 1.64. The third-order valence-corrected chi connectivity index (χ3v) is 16.6. The molecule has 0 amide bonds. The molecule has 30 heavy (non-hydrogen) atoms. The number of methoxy groups -OCH3 is 1. The van der Waals surface area contributed by atoms with E-state index in [0.717, 1.165) is 29.0 Å². The van der Waals surface area contributed by atoms with Crippen LogP contribution < -0.4 is 9.47 Å². The van der Waals surface area contributed by atoms with Crippen LogP contribution in [-0.4, -0.2) is 42.0 Å². The highest BCUT2D eigenvalue weighted by molar-refractivity contribution is 6.80. The van der Waals surface area contributed by atoms with Gasteiger partial charge in [-0.2, -0.15) is 0 Å². The highest BCUT2D eigenvalue weighted by atomic mass is 28.4. The highest BCUT2D eigenvalue weighted by Crippen LogP contribution is 2.83. The minimum atomic E-state index is -2.08. The van der Waals surface area contributed by atoms with Crippen molar-refractivity contribution in [3.05, 3.63) is 23.3 Å². The Labute approximate surface area is 183 Å². The lowest BCUT2D eigenvalue weighted by atomic mass is 9.66. The Balaban J connectivity index is 1.93. The Morgan fingerprint density at radius 2 is 1.80 bits per heavy atom. The maximum atomic E-state index is 10.3. The first-order valence-electron chi connectivity index (χ1n) is 11.1. The van der Waals surface area contributed by atoms with Gasteiger partial charge in [-0.05, 0) is 42.1 Å². The molecular weight excluding hydrogens is 412 g/mol. The van der Waals surface area contributed by atoms with E-state index in [9.17, 15) is 5.11 Å². The molecule has 1 saturated carbocycles. The molecule has 1 aliphatic heterocycles. The van der Waals surface area contributed by atoms with Gasteiger partial charge in [-0.3, -0.25) is 0 Å². The van der Waals surface area contributed by atoms with E-state index in [0.29, 0.717) is 0 Å². The van der Waals surface area contributed by atoms with Crippen molar-refractivity contribution in [2.24, 2.45) is 5.92 Å². The molecule has 0 saturated heterocycles. The second-order valence-electron chi connectivity index (χ2n) is 11.8. The first kappa shape index (κ1) is 22.3. The zero-order chi connectivity index (χ0) is 22.3. The number of hydrogen-bond acceptors (Lipinski definition) is 5. The van der Waals surface area contributed by atoms with E-state index in [1.54, 1.807) is 0 Å². The molecular formula is C23H38O5Si2. The molecule has 2 aliphatic carbocycles. The minimum absolute atomic E-state index is 0.0881. The molecule has 0 radical (unpaired) electrons. The van der Waals surface area contributed by atoms with E-state index in [1.165, 1.54) is 0 Å². The number of rotatable bonds is 6. The van der Waals surface area contributed by atoms with Crippen molar-refractivity contribution >= 4 is 16.4 Å². The predicted octanol–water partition coefficient (Wildman–Crippen LogP) is 5.42. The molecule has 0 unspecified atom stereocenters. The summed E-state index contributed by atoms with van der Waals surface area (Å²) in [5, 5.41) is 10.2. The van der Waals surface area contributed by atoms with Crippen LogP contribution in [0.4, 0.5) is 0 Å². The third-order valence-electron chi connectivity index (χ3n) is 8.46. The van der Waals surface area contributed by atoms with Crippen LogP contribution in [-0.2, 0) is 14.8 Å². The number of aliphatic hydroxyl groups excluding tert-OH is 1. The van der Waals surface area contributed by atoms with Gasteiger partial charge in [-0.25, -0.2) is 0 Å². The van der Waals surface area contributed by atoms with Crippen molar-refractivity contribution in [3.63, 3.8) is 0 Å². The lowest BCUT2D eigenvalue weighted by Gasteiger charge is -2.60. The van der Waals surface area contributed by atoms with Crippen LogP contribution in [0.25, 0.3) is 0 Å². The molecule has 4 rings (SSSR count). The molecule has 0 bridgehead atoms. The lowest BCUT2D eigenvalue weighted by molar-refractivity contribution is -0.148. The Morgan fingerprint density at radius 1 is 1.13 bits per heavy atom. The van der Waals surface area contributed by atoms with Crippen LogP contribution in [0, 0.1) is 5.92 Å². The van der Waals surface area contributed by atoms with Crippen LogP contribution in [0.15, 0.2) is 12.1 Å². The summed E-state index contributed by atoms with van der Waals surface area (Å²) < 4.78 is 25.4. The van der Waals surface area contributed by atoms with E-state index in [1.807, 2.05) is 13.2 Å². The Morgan fingerprint density at radius 3 is 2.30 bits per heavy atom. The van der Waals surface area contributed by atoms with Gasteiger partial charge in [0.05, 0.1) is 8.07 Å². The van der Waals surface area contributed by atoms with Crippen molar-refractivity contribution in [1.82, 2.24) is 0 Å². The molecule has 0 spiro atoms. The first-order valence-corrected chi connectivity index (χ1v) is 17.5. The lowest BCUT2D eigenvalue weighted by Crippen LogP contribution is -2.60. The molecule has 1 aromatic carbocycles. The summed E-state index contributed by atoms with van der Waals surface area (Å²) >= 11 is 0. The molecule has 1 heterocycles. The molecule has 168 valence electrons. The number of fused-ring (bicyclic) bond motifs is 3. The maximum Gasteiger partial charge on any atom is 0.231 e. The van der Waals surface area contributed by atoms with E-state index in [-0.39, 0.29) is 35.5 Å². The van der Waals surface area contributed by atoms with E-state index in [2.05, 4.69) is 59.6 Å². The summed E-state index contributed by atoms with van der Waals surface area (Å²) in [7, 11) is -2.06. The molecule has 0 aromatic heterocycles. The number of aliphatic hydroxyl groups is 1. The quantitative estimate of drug-likeness (QED) is 0.586. The van der Waals surface area contributed by atoms with Gasteiger partial charge < -0.3 is 23.7 Å². The number of ether oxygens (including phenoxy) is 3. The van der Waals surface area contributed by atoms with Crippen LogP contribution in [0.1, 0.15) is 44.4 Å². The van der Waals surface area contributed by atoms with Gasteiger partial charge in [0.15, 0.2) is 19.8 Å². The fourth-order valence-corrected chi connectivity index (χ4v) is 10.7. The second-order valence-corrected chi connectivity index (χ2v) is 21.9. The smallest absolute Gasteiger partial charge is 0.231 e. The van der Waals surface area contributed by atoms with E-state index < -0.39 is 22.0 Å². The summed E-state index contributed by atoms with van der Waals surface area (Å²) in [6.07, 6.45) is 0.810. The topological polar surface area (TPSA) is 57.2 Å². The minimum Gasteiger partial charge on any atom is -0.454 e. The van der Waals surface area contributed by atoms with Crippen LogP contribution in [0.5, 0.6) is 11.5 Å². The second kappa shape index (κ2) is 6.57. The normalized spacial score (nSPS) is 32.6. The zero-order valence-corrected chi connectivity index (χ0v) is 22.0. The van der Waals surface area contributed by atoms with Crippen LogP contribution in [0.2, 0.25) is 42.8 Å². The Hall–Kier alpha value is -0.866. The van der Waals surface area contributed by atoms with Crippen molar-refractivity contribution in [1.29, 1.82) is 0 Å². The first-order chi connectivity index (χ1) is 13.8. The number of benzene rings is 1. The van der Waals surface area contributed by atoms with Gasteiger partial charge >= 0.3 is 0 Å². The molecule has 1 aromatic rings. The standard InChI is InChI=1S/C23H38O5Si2/c1-21(2,3)30(8,9)28-20-16-10-11-17-19(27-14-26-17)18(16)23(20,25-4)22(29(5,6)7)12-15(22)13-24/h10-11,15,20,24H,12-14H2,1-9H3/t15-,20+,22-,23-/m1/s1. The van der Waals surface area contributed by atoms with Crippen molar-refractivity contribution in [3.8, 4) is 11.5 Å². The zero-order valence-electron chi connectivity index (χ0n) is 20.0. The Bertz CT molecular complexity index is 856. The van der Waals surface area contributed by atoms with Gasteiger partial charge in [0.1, 0.15) is 11.7 Å². The maximum absolute atomic E-state index is 10.3. The molecule has 1 N–H and O–H groups in total. The highest BCUT2D eigenvalue weighted by Gasteiger charge is 2.79. The largest absolute Gasteiger partial charge is 0.454 e. The monoisotopic (exact) mass is 450 g/mol. The van der Waals surface area contributed by atoms with Crippen LogP contribution >= 0.6 is 0 Å². The van der Waals surface area contributed by atoms with Crippen LogP contribution in [0.3, 0.4) is 0 Å². The van der Waals surface area contributed by atoms with Gasteiger partial charge in [0, 0.05) is 24.3 Å². The average molecular weight is 451 g/mol. The average Bonchev–Trinajstić information content (AvgIpc) is 3.21. The van der Waals surface area contributed by atoms with Gasteiger partial charge in [-0.1, -0.05) is 46.5 Å². The SMILES string of the molecule is CO[C@]1([C@@]2([Si](C)(C)C)C[C@@H]2CO)c2c(ccc3c2OCO3)[C@@H]1O[Si](C)(C)C(C)(C)C. The fourth-order valence-electron chi connectivity index (χ4n) is 5.81. The summed E-state index contributed by atoms with van der Waals surface area (Å²) in [4.78, 5) is 0. The molecule has 7 heteroatoms. The summed E-state index contributed by atoms with van der Waals surface area (Å²) in [6, 6.07) is 4.13. The van der Waals surface area contributed by atoms with Gasteiger partial charge in [-0.15, -0.1) is 0 Å². The Kier molecular flexibility index (Phi) is 4.89. The third kappa shape index (κ3) is 2.62. The predicted molar refractivity (Wildman–Crippen MR) is 124 cm³/mol. The molecule has 4 atom stereocenters. The van der Waals surface area contributed by atoms with E-state index >= 15 is 0 Å². The van der Waals surface area contributed by atoms with Crippen molar-refractivity contribution in [2.45, 2.75) is 81.7 Å². The van der Waals surface area contributed by atoms with Crippen molar-refractivity contribution in [2.75, 3.05) is 20.5 Å². The molecule has 1 fully saturated rings. The van der Waals surface area contributed by atoms with E-state index in [4.69, 9.17) is 18.6 Å². The summed E-state index contributed by atoms with van der Waals surface area (Å²) in [5.74, 6) is 1.82. The van der Waals surface area contributed by atoms with Gasteiger partial charge in [0.25, 0.3) is 0 Å². The number of hydrogen-bond donors (Lipinski definition) is 1. The fraction of sp³-hybridized carbons (Fsp3) is 0.739. The summed E-state index contributed by atoms with van der Waals surface area (Å²) in [6.45, 7) is 19.0. The van der Waals surface area contributed by atoms with Gasteiger partial charge in [0.2, 0.25) is 6.79 Å². The molecule has 3 aliphatic rings.